The molecule has 5 aromatic rings. The summed E-state index contributed by atoms with van der Waals surface area (Å²) in [5.74, 6) is -0.589. The number of carbonyl (C=O) groups is 3. The van der Waals surface area contributed by atoms with Gasteiger partial charge in [-0.15, -0.1) is 0 Å². The Hall–Kier alpha value is -6.00. The van der Waals surface area contributed by atoms with Gasteiger partial charge in [-0.1, -0.05) is 12.2 Å². The van der Waals surface area contributed by atoms with Crippen LogP contribution in [-0.2, 0) is 18.9 Å². The number of nitrogens with zero attached hydrogens (tertiary/aromatic N) is 3. The molecule has 0 saturated carbocycles. The maximum atomic E-state index is 13.6. The van der Waals surface area contributed by atoms with Gasteiger partial charge < -0.3 is 43.9 Å². The van der Waals surface area contributed by atoms with Crippen molar-refractivity contribution in [2.24, 2.45) is 0 Å². The van der Waals surface area contributed by atoms with Crippen molar-refractivity contribution in [3.05, 3.63) is 100 Å². The van der Waals surface area contributed by atoms with Crippen LogP contribution < -0.4 is 19.9 Å². The van der Waals surface area contributed by atoms with Gasteiger partial charge in [0.05, 0.1) is 44.3 Å². The molecule has 0 amide bonds. The van der Waals surface area contributed by atoms with Crippen LogP contribution in [0.25, 0.3) is 11.2 Å². The number of fused-ring (bicyclic) bond motifs is 1. The van der Waals surface area contributed by atoms with E-state index in [4.69, 9.17) is 51.1 Å². The molecule has 0 radical (unpaired) electrons. The summed E-state index contributed by atoms with van der Waals surface area (Å²) in [7, 11) is 4.51. The first-order valence-corrected chi connectivity index (χ1v) is 15.5. The molecule has 4 atom stereocenters. The quantitative estimate of drug-likeness (QED) is 0.113. The molecule has 1 aliphatic rings. The summed E-state index contributed by atoms with van der Waals surface area (Å²) in [6, 6.07) is 18.8. The lowest BCUT2D eigenvalue weighted by molar-refractivity contribution is -0.0606. The van der Waals surface area contributed by atoms with Crippen molar-refractivity contribution in [2.75, 3.05) is 33.7 Å². The van der Waals surface area contributed by atoms with E-state index in [2.05, 4.69) is 15.0 Å². The summed E-state index contributed by atoms with van der Waals surface area (Å²) in [5, 5.41) is 0. The number of ether oxygens (including phenoxy) is 7. The standard InChI is InChI=1S/C34H31N5O10S/c1-43-21-10-4-18(5-11-21)31(40)46-16-24-26(48-32(41)19-6-12-22(44-2)13-7-19)27(49-33(42)20-8-14-23(45-3)15-9-20)30(47-24)39-17-36-25-28(39)37-34(35)38-29(25)50/h4-15,17,24,26-27,30H,16H2,1-3H3,(H3,35,37,38,50)/t24-,26-,27+,30-/m1/s1. The van der Waals surface area contributed by atoms with E-state index in [1.54, 1.807) is 48.5 Å². The molecule has 258 valence electrons. The van der Waals surface area contributed by atoms with Crippen LogP contribution in [0.5, 0.6) is 17.2 Å². The molecule has 1 fully saturated rings. The number of nitrogens with one attached hydrogen (secondary N) is 1. The molecule has 6 rings (SSSR count). The van der Waals surface area contributed by atoms with E-state index < -0.39 is 49.1 Å². The Kier molecular flexibility index (Phi) is 9.92. The summed E-state index contributed by atoms with van der Waals surface area (Å²) in [6.07, 6.45) is -3.55. The number of aromatic nitrogens is 4. The Morgan fingerprint density at radius 2 is 1.26 bits per heavy atom. The van der Waals surface area contributed by atoms with Crippen molar-refractivity contribution >= 4 is 47.2 Å². The highest BCUT2D eigenvalue weighted by molar-refractivity contribution is 7.71. The van der Waals surface area contributed by atoms with E-state index in [-0.39, 0.29) is 27.3 Å². The molecule has 50 heavy (non-hydrogen) atoms. The molecule has 15 nitrogen and oxygen atoms in total. The van der Waals surface area contributed by atoms with Crippen molar-refractivity contribution in [1.82, 2.24) is 19.5 Å². The largest absolute Gasteiger partial charge is 0.497 e. The number of nitrogens with two attached hydrogens (primary N) is 1. The molecular weight excluding hydrogens is 670 g/mol. The second-order valence-corrected chi connectivity index (χ2v) is 11.3. The van der Waals surface area contributed by atoms with Gasteiger partial charge >= 0.3 is 17.9 Å². The topological polar surface area (TPSA) is 188 Å². The second-order valence-electron chi connectivity index (χ2n) is 10.9. The number of esters is 3. The summed E-state index contributed by atoms with van der Waals surface area (Å²) < 4.78 is 41.3. The first-order chi connectivity index (χ1) is 24.2. The predicted octanol–water partition coefficient (Wildman–Crippen LogP) is 4.30. The molecule has 16 heteroatoms. The van der Waals surface area contributed by atoms with E-state index in [9.17, 15) is 14.4 Å². The molecule has 3 aromatic carbocycles. The number of methoxy groups -OCH3 is 3. The number of hydrogen-bond donors (Lipinski definition) is 2. The average Bonchev–Trinajstić information content (AvgIpc) is 3.71. The van der Waals surface area contributed by atoms with Crippen molar-refractivity contribution in [2.45, 2.75) is 24.5 Å². The molecule has 1 aliphatic heterocycles. The third-order valence-corrected chi connectivity index (χ3v) is 8.15. The van der Waals surface area contributed by atoms with Gasteiger partial charge in [-0.25, -0.2) is 24.4 Å². The molecule has 3 heterocycles. The number of H-pyrrole nitrogens is 1. The van der Waals surface area contributed by atoms with Crippen LogP contribution in [0.1, 0.15) is 37.3 Å². The van der Waals surface area contributed by atoms with Crippen LogP contribution in [0.4, 0.5) is 5.95 Å². The Balaban J connectivity index is 1.37. The molecular formula is C34H31N5O10S. The van der Waals surface area contributed by atoms with Crippen LogP contribution in [0.3, 0.4) is 0 Å². The van der Waals surface area contributed by atoms with Gasteiger partial charge in [0.15, 0.2) is 29.0 Å². The van der Waals surface area contributed by atoms with Crippen molar-refractivity contribution in [1.29, 1.82) is 0 Å². The highest BCUT2D eigenvalue weighted by Crippen LogP contribution is 2.37. The zero-order valence-corrected chi connectivity index (χ0v) is 27.7. The average molecular weight is 702 g/mol. The second kappa shape index (κ2) is 14.6. The van der Waals surface area contributed by atoms with Crippen LogP contribution >= 0.6 is 12.2 Å². The van der Waals surface area contributed by atoms with Crippen LogP contribution in [-0.4, -0.2) is 83.7 Å². The Bertz CT molecular complexity index is 2070. The van der Waals surface area contributed by atoms with E-state index in [0.717, 1.165) is 0 Å². The molecule has 3 N–H and O–H groups in total. The number of nitrogen functional groups attached to an aromatic ring is 1. The maximum absolute atomic E-state index is 13.6. The van der Waals surface area contributed by atoms with Gasteiger partial charge in [-0.3, -0.25) is 4.57 Å². The van der Waals surface area contributed by atoms with Gasteiger partial charge in [0, 0.05) is 0 Å². The zero-order chi connectivity index (χ0) is 35.4. The van der Waals surface area contributed by atoms with Crippen molar-refractivity contribution in [3.63, 3.8) is 0 Å². The molecule has 2 aromatic heterocycles. The summed E-state index contributed by atoms with van der Waals surface area (Å²) in [6.45, 7) is -0.398. The smallest absolute Gasteiger partial charge is 0.338 e. The van der Waals surface area contributed by atoms with E-state index in [1.165, 1.54) is 56.5 Å². The van der Waals surface area contributed by atoms with Crippen molar-refractivity contribution < 1.29 is 47.5 Å². The highest BCUT2D eigenvalue weighted by Gasteiger charge is 2.52. The molecule has 0 spiro atoms. The van der Waals surface area contributed by atoms with E-state index in [0.29, 0.717) is 28.4 Å². The number of hydrogen-bond acceptors (Lipinski definition) is 14. The Morgan fingerprint density at radius 3 is 1.76 bits per heavy atom. The van der Waals surface area contributed by atoms with Crippen molar-refractivity contribution in [3.8, 4) is 17.2 Å². The first kappa shape index (κ1) is 33.9. The Labute approximate surface area is 289 Å². The van der Waals surface area contributed by atoms with Crippen LogP contribution in [0, 0.1) is 4.64 Å². The molecule has 1 saturated heterocycles. The maximum Gasteiger partial charge on any atom is 0.338 e. The SMILES string of the molecule is COc1ccc(C(=O)OC[C@H]2O[C@@H](n3cnc4c(=S)nc(N)[nH]c43)[C@@H](OC(=O)c3ccc(OC)cc3)[C@@H]2OC(=O)c2ccc(OC)cc2)cc1. The number of aromatic amines is 1. The minimum Gasteiger partial charge on any atom is -0.497 e. The molecule has 0 aliphatic carbocycles. The van der Waals surface area contributed by atoms with Gasteiger partial charge in [0.1, 0.15) is 41.1 Å². The third-order valence-electron chi connectivity index (χ3n) is 7.87. The number of benzene rings is 3. The lowest BCUT2D eigenvalue weighted by Gasteiger charge is -2.25. The number of rotatable bonds is 11. The third kappa shape index (κ3) is 7.06. The summed E-state index contributed by atoms with van der Waals surface area (Å²) in [5.41, 5.74) is 7.17. The molecule has 0 unspecified atom stereocenters. The lowest BCUT2D eigenvalue weighted by atomic mass is 10.1. The van der Waals surface area contributed by atoms with E-state index >= 15 is 0 Å². The fourth-order valence-corrected chi connectivity index (χ4v) is 5.53. The monoisotopic (exact) mass is 701 g/mol. The minimum atomic E-state index is -1.31. The Morgan fingerprint density at radius 1 is 0.780 bits per heavy atom. The van der Waals surface area contributed by atoms with Gasteiger partial charge in [-0.2, -0.15) is 0 Å². The van der Waals surface area contributed by atoms with E-state index in [1.807, 2.05) is 0 Å². The fourth-order valence-electron chi connectivity index (χ4n) is 5.29. The van der Waals surface area contributed by atoms with Gasteiger partial charge in [-0.05, 0) is 72.8 Å². The van der Waals surface area contributed by atoms with Crippen LogP contribution in [0.2, 0.25) is 0 Å². The summed E-state index contributed by atoms with van der Waals surface area (Å²) >= 11 is 5.35. The fraction of sp³-hybridized carbons (Fsp3) is 0.235. The lowest BCUT2D eigenvalue weighted by Crippen LogP contribution is -2.41. The number of imidazole rings is 1. The number of anilines is 1. The normalized spacial score (nSPS) is 18.3. The van der Waals surface area contributed by atoms with Gasteiger partial charge in [0.25, 0.3) is 0 Å². The van der Waals surface area contributed by atoms with Crippen LogP contribution in [0.15, 0.2) is 79.1 Å². The molecule has 0 bridgehead atoms. The minimum absolute atomic E-state index is 0.00137. The highest BCUT2D eigenvalue weighted by atomic mass is 32.1. The zero-order valence-electron chi connectivity index (χ0n) is 26.9. The first-order valence-electron chi connectivity index (χ1n) is 15.1. The van der Waals surface area contributed by atoms with Gasteiger partial charge in [0.2, 0.25) is 0 Å². The number of carbonyl (C=O) groups excluding carboxylic acids is 3. The predicted molar refractivity (Wildman–Crippen MR) is 179 cm³/mol. The summed E-state index contributed by atoms with van der Waals surface area (Å²) in [4.78, 5) is 51.6.